The number of furan rings is 1. The monoisotopic (exact) mass is 437 g/mol. The van der Waals surface area contributed by atoms with E-state index in [0.717, 1.165) is 24.1 Å². The molecule has 4 rings (SSSR count). The highest BCUT2D eigenvalue weighted by Gasteiger charge is 2.19. The number of aryl methyl sites for hydroxylation is 1. The predicted octanol–water partition coefficient (Wildman–Crippen LogP) is 4.65. The average molecular weight is 438 g/mol. The molecule has 0 bridgehead atoms. The number of unbranched alkanes of at least 4 members (excludes halogenated alkanes) is 1. The van der Waals surface area contributed by atoms with E-state index in [1.165, 1.54) is 18.0 Å². The lowest BCUT2D eigenvalue weighted by Crippen LogP contribution is -2.24. The molecule has 1 amide bonds. The average Bonchev–Trinajstić information content (AvgIpc) is 3.52. The molecule has 8 nitrogen and oxygen atoms in total. The molecule has 4 aromatic rings. The van der Waals surface area contributed by atoms with Crippen LogP contribution in [0.15, 0.2) is 62.9 Å². The zero-order chi connectivity index (χ0) is 21.6. The van der Waals surface area contributed by atoms with Crippen LogP contribution in [0.25, 0.3) is 17.3 Å². The van der Waals surface area contributed by atoms with Gasteiger partial charge in [0.25, 0.3) is 5.91 Å². The summed E-state index contributed by atoms with van der Waals surface area (Å²) in [5, 5.41) is 12.2. The minimum Gasteiger partial charge on any atom is -0.461 e. The number of aromatic nitrogens is 4. The summed E-state index contributed by atoms with van der Waals surface area (Å²) >= 11 is 1.43. The number of oxazole rings is 1. The first-order valence-corrected chi connectivity index (χ1v) is 11.1. The quantitative estimate of drug-likeness (QED) is 0.301. The molecule has 0 aliphatic rings. The summed E-state index contributed by atoms with van der Waals surface area (Å²) in [6.45, 7) is 4.74. The van der Waals surface area contributed by atoms with Crippen molar-refractivity contribution in [1.29, 1.82) is 0 Å². The van der Waals surface area contributed by atoms with Gasteiger partial charge in [0.05, 0.1) is 17.7 Å². The van der Waals surface area contributed by atoms with Gasteiger partial charge in [-0.2, -0.15) is 0 Å². The van der Waals surface area contributed by atoms with Crippen molar-refractivity contribution in [3.8, 4) is 17.3 Å². The number of hydrogen-bond donors (Lipinski definition) is 1. The largest absolute Gasteiger partial charge is 0.461 e. The zero-order valence-corrected chi connectivity index (χ0v) is 18.2. The summed E-state index contributed by atoms with van der Waals surface area (Å²) in [5.41, 5.74) is 2.34. The normalized spacial score (nSPS) is 11.0. The summed E-state index contributed by atoms with van der Waals surface area (Å²) in [7, 11) is 0. The highest BCUT2D eigenvalue weighted by Crippen LogP contribution is 2.30. The van der Waals surface area contributed by atoms with E-state index in [0.29, 0.717) is 34.9 Å². The van der Waals surface area contributed by atoms with Gasteiger partial charge in [-0.25, -0.2) is 4.98 Å². The Kier molecular flexibility index (Phi) is 6.51. The Morgan fingerprint density at radius 3 is 2.87 bits per heavy atom. The number of rotatable bonds is 9. The number of amides is 1. The van der Waals surface area contributed by atoms with E-state index < -0.39 is 0 Å². The number of carbonyl (C=O) groups excluding carboxylic acids is 1. The smallest absolute Gasteiger partial charge is 0.273 e. The molecule has 0 atom stereocenters. The third-order valence-corrected chi connectivity index (χ3v) is 5.47. The SMILES string of the molecule is CCCCNC(=O)c1coc(CSc2nnc(-c3ccco3)n2-c2cccc(C)c2)n1. The third kappa shape index (κ3) is 4.88. The second-order valence-corrected chi connectivity index (χ2v) is 7.93. The van der Waals surface area contributed by atoms with E-state index in [1.807, 2.05) is 41.8 Å². The molecule has 0 fully saturated rings. The Morgan fingerprint density at radius 2 is 2.10 bits per heavy atom. The fourth-order valence-electron chi connectivity index (χ4n) is 3.01. The molecule has 0 radical (unpaired) electrons. The van der Waals surface area contributed by atoms with Gasteiger partial charge >= 0.3 is 0 Å². The second kappa shape index (κ2) is 9.65. The number of carbonyl (C=O) groups is 1. The van der Waals surface area contributed by atoms with E-state index in [9.17, 15) is 4.79 Å². The molecule has 0 saturated heterocycles. The molecule has 0 spiro atoms. The van der Waals surface area contributed by atoms with Crippen molar-refractivity contribution in [2.45, 2.75) is 37.6 Å². The molecular formula is C22H23N5O3S. The predicted molar refractivity (Wildman–Crippen MR) is 117 cm³/mol. The fraction of sp³-hybridized carbons (Fsp3) is 0.273. The Bertz CT molecular complexity index is 1150. The zero-order valence-electron chi connectivity index (χ0n) is 17.4. The van der Waals surface area contributed by atoms with Crippen molar-refractivity contribution in [2.24, 2.45) is 0 Å². The maximum absolute atomic E-state index is 12.1. The highest BCUT2D eigenvalue weighted by atomic mass is 32.2. The number of thioether (sulfide) groups is 1. The fourth-order valence-corrected chi connectivity index (χ4v) is 3.81. The molecule has 31 heavy (non-hydrogen) atoms. The van der Waals surface area contributed by atoms with Crippen LogP contribution in [-0.2, 0) is 5.75 Å². The summed E-state index contributed by atoms with van der Waals surface area (Å²) in [5.74, 6) is 1.87. The lowest BCUT2D eigenvalue weighted by atomic mass is 10.2. The lowest BCUT2D eigenvalue weighted by molar-refractivity contribution is 0.0948. The molecule has 9 heteroatoms. The standard InChI is InChI=1S/C22H23N5O3S/c1-3-4-10-23-21(28)17-13-30-19(24-17)14-31-22-26-25-20(18-9-6-11-29-18)27(22)16-8-5-7-15(2)12-16/h5-9,11-13H,3-4,10,14H2,1-2H3,(H,23,28). The topological polar surface area (TPSA) is 99.0 Å². The van der Waals surface area contributed by atoms with E-state index in [2.05, 4.69) is 33.5 Å². The molecule has 160 valence electrons. The first-order valence-electron chi connectivity index (χ1n) is 10.1. The van der Waals surface area contributed by atoms with Crippen molar-refractivity contribution in [3.63, 3.8) is 0 Å². The van der Waals surface area contributed by atoms with Crippen molar-refractivity contribution < 1.29 is 13.6 Å². The molecule has 3 heterocycles. The van der Waals surface area contributed by atoms with Crippen LogP contribution >= 0.6 is 11.8 Å². The molecule has 0 saturated carbocycles. The second-order valence-electron chi connectivity index (χ2n) is 6.98. The molecular weight excluding hydrogens is 414 g/mol. The molecule has 1 N–H and O–H groups in total. The minimum atomic E-state index is -0.225. The van der Waals surface area contributed by atoms with Gasteiger partial charge in [0.2, 0.25) is 11.7 Å². The maximum Gasteiger partial charge on any atom is 0.273 e. The Hall–Kier alpha value is -3.33. The van der Waals surface area contributed by atoms with Crippen LogP contribution in [0.1, 0.15) is 41.7 Å². The number of hydrogen-bond acceptors (Lipinski definition) is 7. The van der Waals surface area contributed by atoms with E-state index in [-0.39, 0.29) is 11.6 Å². The van der Waals surface area contributed by atoms with Gasteiger partial charge in [-0.15, -0.1) is 10.2 Å². The van der Waals surface area contributed by atoms with Crippen LogP contribution in [0.2, 0.25) is 0 Å². The van der Waals surface area contributed by atoms with Gasteiger partial charge in [0.15, 0.2) is 16.6 Å². The van der Waals surface area contributed by atoms with Crippen LogP contribution < -0.4 is 5.32 Å². The summed E-state index contributed by atoms with van der Waals surface area (Å²) < 4.78 is 13.0. The van der Waals surface area contributed by atoms with Gasteiger partial charge in [0, 0.05) is 6.54 Å². The molecule has 0 aliphatic heterocycles. The van der Waals surface area contributed by atoms with Crippen molar-refractivity contribution >= 4 is 17.7 Å². The van der Waals surface area contributed by atoms with E-state index >= 15 is 0 Å². The summed E-state index contributed by atoms with van der Waals surface area (Å²) in [4.78, 5) is 16.4. The molecule has 0 aliphatic carbocycles. The molecule has 0 unspecified atom stereocenters. The molecule has 1 aromatic carbocycles. The Labute approximate surface area is 184 Å². The summed E-state index contributed by atoms with van der Waals surface area (Å²) in [6, 6.07) is 11.7. The van der Waals surface area contributed by atoms with Crippen LogP contribution in [0, 0.1) is 6.92 Å². The van der Waals surface area contributed by atoms with Crippen LogP contribution in [0.5, 0.6) is 0 Å². The number of nitrogens with zero attached hydrogens (tertiary/aromatic N) is 4. The first-order chi connectivity index (χ1) is 15.2. The van der Waals surface area contributed by atoms with E-state index in [4.69, 9.17) is 8.83 Å². The van der Waals surface area contributed by atoms with Crippen LogP contribution in [0.4, 0.5) is 0 Å². The first kappa shape index (κ1) is 20.9. The van der Waals surface area contributed by atoms with Gasteiger partial charge in [-0.3, -0.25) is 9.36 Å². The number of benzene rings is 1. The van der Waals surface area contributed by atoms with Gasteiger partial charge in [-0.05, 0) is 43.2 Å². The van der Waals surface area contributed by atoms with Gasteiger partial charge in [0.1, 0.15) is 6.26 Å². The Balaban J connectivity index is 1.54. The molecule has 3 aromatic heterocycles. The van der Waals surface area contributed by atoms with E-state index in [1.54, 1.807) is 6.26 Å². The Morgan fingerprint density at radius 1 is 1.19 bits per heavy atom. The maximum atomic E-state index is 12.1. The van der Waals surface area contributed by atoms with Crippen molar-refractivity contribution in [3.05, 3.63) is 66.1 Å². The van der Waals surface area contributed by atoms with Gasteiger partial charge < -0.3 is 14.2 Å². The lowest BCUT2D eigenvalue weighted by Gasteiger charge is -2.09. The van der Waals surface area contributed by atoms with Crippen LogP contribution in [0.3, 0.4) is 0 Å². The minimum absolute atomic E-state index is 0.225. The van der Waals surface area contributed by atoms with Gasteiger partial charge in [-0.1, -0.05) is 37.2 Å². The van der Waals surface area contributed by atoms with Crippen molar-refractivity contribution in [1.82, 2.24) is 25.1 Å². The van der Waals surface area contributed by atoms with Crippen LogP contribution in [-0.4, -0.2) is 32.2 Å². The van der Waals surface area contributed by atoms with Crippen molar-refractivity contribution in [2.75, 3.05) is 6.54 Å². The third-order valence-electron chi connectivity index (χ3n) is 4.56. The highest BCUT2D eigenvalue weighted by molar-refractivity contribution is 7.98. The summed E-state index contributed by atoms with van der Waals surface area (Å²) in [6.07, 6.45) is 4.94. The number of nitrogens with one attached hydrogen (secondary N) is 1.